The summed E-state index contributed by atoms with van der Waals surface area (Å²) >= 11 is 0. The van der Waals surface area contributed by atoms with E-state index >= 15 is 0 Å². The maximum absolute atomic E-state index is 12.3. The zero-order valence-corrected chi connectivity index (χ0v) is 14.3. The molecule has 5 heteroatoms. The SMILES string of the molecule is COc1ccc(C(C)(C)CNC(=O)C(N)C2CCOCC2)cc1. The lowest BCUT2D eigenvalue weighted by Crippen LogP contribution is -2.49. The molecule has 1 atom stereocenters. The Labute approximate surface area is 138 Å². The van der Waals surface area contributed by atoms with Gasteiger partial charge in [0.15, 0.2) is 0 Å². The van der Waals surface area contributed by atoms with Crippen LogP contribution in [-0.2, 0) is 14.9 Å². The van der Waals surface area contributed by atoms with Gasteiger partial charge in [0.2, 0.25) is 5.91 Å². The van der Waals surface area contributed by atoms with Crippen LogP contribution in [0.2, 0.25) is 0 Å². The summed E-state index contributed by atoms with van der Waals surface area (Å²) in [6.07, 6.45) is 1.72. The number of nitrogens with one attached hydrogen (secondary N) is 1. The number of benzene rings is 1. The number of carbonyl (C=O) groups is 1. The minimum atomic E-state index is -0.453. The summed E-state index contributed by atoms with van der Waals surface area (Å²) in [6.45, 7) is 6.16. The molecule has 2 rings (SSSR count). The van der Waals surface area contributed by atoms with Crippen LogP contribution >= 0.6 is 0 Å². The van der Waals surface area contributed by atoms with Crippen LogP contribution in [0.15, 0.2) is 24.3 Å². The first-order valence-electron chi connectivity index (χ1n) is 8.19. The lowest BCUT2D eigenvalue weighted by Gasteiger charge is -2.29. The highest BCUT2D eigenvalue weighted by molar-refractivity contribution is 5.81. The molecule has 0 bridgehead atoms. The minimum Gasteiger partial charge on any atom is -0.497 e. The first-order valence-corrected chi connectivity index (χ1v) is 8.19. The van der Waals surface area contributed by atoms with E-state index in [2.05, 4.69) is 19.2 Å². The fourth-order valence-electron chi connectivity index (χ4n) is 2.86. The molecular formula is C18H28N2O3. The van der Waals surface area contributed by atoms with Gasteiger partial charge in [0.25, 0.3) is 0 Å². The Morgan fingerprint density at radius 2 is 1.96 bits per heavy atom. The van der Waals surface area contributed by atoms with Crippen molar-refractivity contribution in [1.29, 1.82) is 0 Å². The molecule has 5 nitrogen and oxygen atoms in total. The van der Waals surface area contributed by atoms with E-state index in [-0.39, 0.29) is 17.2 Å². The van der Waals surface area contributed by atoms with Crippen LogP contribution in [0.4, 0.5) is 0 Å². The summed E-state index contributed by atoms with van der Waals surface area (Å²) in [7, 11) is 1.65. The second-order valence-corrected chi connectivity index (χ2v) is 6.81. The van der Waals surface area contributed by atoms with E-state index in [1.165, 1.54) is 0 Å². The van der Waals surface area contributed by atoms with Crippen LogP contribution < -0.4 is 15.8 Å². The molecule has 0 spiro atoms. The van der Waals surface area contributed by atoms with Gasteiger partial charge in [-0.15, -0.1) is 0 Å². The van der Waals surface area contributed by atoms with Crippen molar-refractivity contribution in [3.8, 4) is 5.75 Å². The number of amides is 1. The van der Waals surface area contributed by atoms with E-state index in [0.717, 1.165) is 24.2 Å². The van der Waals surface area contributed by atoms with Crippen molar-refractivity contribution in [3.05, 3.63) is 29.8 Å². The molecule has 1 fully saturated rings. The number of nitrogens with two attached hydrogens (primary N) is 1. The Bertz CT molecular complexity index is 508. The summed E-state index contributed by atoms with van der Waals surface area (Å²) < 4.78 is 10.5. The number of carbonyl (C=O) groups excluding carboxylic acids is 1. The van der Waals surface area contributed by atoms with Crippen LogP contribution in [0.3, 0.4) is 0 Å². The second-order valence-electron chi connectivity index (χ2n) is 6.81. The Morgan fingerprint density at radius 3 is 2.52 bits per heavy atom. The zero-order chi connectivity index (χ0) is 16.9. The van der Waals surface area contributed by atoms with Gasteiger partial charge in [0.05, 0.1) is 13.2 Å². The molecule has 3 N–H and O–H groups in total. The van der Waals surface area contributed by atoms with Gasteiger partial charge in [-0.1, -0.05) is 26.0 Å². The molecule has 23 heavy (non-hydrogen) atoms. The van der Waals surface area contributed by atoms with Gasteiger partial charge in [0, 0.05) is 25.2 Å². The van der Waals surface area contributed by atoms with Gasteiger partial charge >= 0.3 is 0 Å². The molecule has 1 aromatic carbocycles. The standard InChI is InChI=1S/C18H28N2O3/c1-18(2,14-4-6-15(22-3)7-5-14)12-20-17(21)16(19)13-8-10-23-11-9-13/h4-7,13,16H,8-12,19H2,1-3H3,(H,20,21). The van der Waals surface area contributed by atoms with E-state index < -0.39 is 6.04 Å². The smallest absolute Gasteiger partial charge is 0.237 e. The largest absolute Gasteiger partial charge is 0.497 e. The Morgan fingerprint density at radius 1 is 1.35 bits per heavy atom. The lowest BCUT2D eigenvalue weighted by atomic mass is 9.84. The first kappa shape index (κ1) is 17.8. The van der Waals surface area contributed by atoms with Gasteiger partial charge < -0.3 is 20.5 Å². The molecule has 0 saturated carbocycles. The molecule has 1 unspecified atom stereocenters. The Hall–Kier alpha value is -1.59. The molecule has 0 aromatic heterocycles. The van der Waals surface area contributed by atoms with Crippen LogP contribution in [0.1, 0.15) is 32.3 Å². The minimum absolute atomic E-state index is 0.0708. The molecule has 1 aromatic rings. The molecule has 1 heterocycles. The van der Waals surface area contributed by atoms with Gasteiger partial charge in [-0.05, 0) is 36.5 Å². The average molecular weight is 320 g/mol. The topological polar surface area (TPSA) is 73.6 Å². The summed E-state index contributed by atoms with van der Waals surface area (Å²) in [5, 5.41) is 3.01. The molecule has 1 aliphatic rings. The van der Waals surface area contributed by atoms with Crippen molar-refractivity contribution in [2.24, 2.45) is 11.7 Å². The van der Waals surface area contributed by atoms with Crippen LogP contribution in [0.25, 0.3) is 0 Å². The van der Waals surface area contributed by atoms with E-state index in [9.17, 15) is 4.79 Å². The monoisotopic (exact) mass is 320 g/mol. The molecule has 128 valence electrons. The third kappa shape index (κ3) is 4.69. The number of rotatable bonds is 6. The summed E-state index contributed by atoms with van der Waals surface area (Å²) in [4.78, 5) is 12.3. The van der Waals surface area contributed by atoms with E-state index in [1.54, 1.807) is 7.11 Å². The third-order valence-electron chi connectivity index (χ3n) is 4.65. The van der Waals surface area contributed by atoms with Crippen molar-refractivity contribution < 1.29 is 14.3 Å². The van der Waals surface area contributed by atoms with Gasteiger partial charge in [-0.3, -0.25) is 4.79 Å². The fraction of sp³-hybridized carbons (Fsp3) is 0.611. The maximum Gasteiger partial charge on any atom is 0.237 e. The van der Waals surface area contributed by atoms with Crippen LogP contribution in [0, 0.1) is 5.92 Å². The van der Waals surface area contributed by atoms with E-state index in [1.807, 2.05) is 24.3 Å². The van der Waals surface area contributed by atoms with Crippen molar-refractivity contribution in [1.82, 2.24) is 5.32 Å². The molecule has 0 aliphatic carbocycles. The fourth-order valence-corrected chi connectivity index (χ4v) is 2.86. The van der Waals surface area contributed by atoms with Gasteiger partial charge in [0.1, 0.15) is 5.75 Å². The number of hydrogen-bond donors (Lipinski definition) is 2. The normalized spacial score (nSPS) is 17.6. The first-order chi connectivity index (χ1) is 10.9. The molecule has 1 aliphatic heterocycles. The zero-order valence-electron chi connectivity index (χ0n) is 14.3. The maximum atomic E-state index is 12.3. The number of ether oxygens (including phenoxy) is 2. The quantitative estimate of drug-likeness (QED) is 0.839. The highest BCUT2D eigenvalue weighted by Gasteiger charge is 2.28. The second kappa shape index (κ2) is 7.79. The summed E-state index contributed by atoms with van der Waals surface area (Å²) in [5.41, 5.74) is 7.10. The van der Waals surface area contributed by atoms with Crippen LogP contribution in [-0.4, -0.2) is 38.8 Å². The number of methoxy groups -OCH3 is 1. The van der Waals surface area contributed by atoms with Crippen molar-refractivity contribution in [3.63, 3.8) is 0 Å². The van der Waals surface area contributed by atoms with Crippen LogP contribution in [0.5, 0.6) is 5.75 Å². The highest BCUT2D eigenvalue weighted by Crippen LogP contribution is 2.25. The van der Waals surface area contributed by atoms with Crippen molar-refractivity contribution in [2.45, 2.75) is 38.1 Å². The van der Waals surface area contributed by atoms with Gasteiger partial charge in [-0.2, -0.15) is 0 Å². The Balaban J connectivity index is 1.90. The average Bonchev–Trinajstić information content (AvgIpc) is 2.60. The van der Waals surface area contributed by atoms with E-state index in [0.29, 0.717) is 19.8 Å². The van der Waals surface area contributed by atoms with Crippen molar-refractivity contribution >= 4 is 5.91 Å². The van der Waals surface area contributed by atoms with E-state index in [4.69, 9.17) is 15.2 Å². The third-order valence-corrected chi connectivity index (χ3v) is 4.65. The predicted molar refractivity (Wildman–Crippen MR) is 90.5 cm³/mol. The molecule has 1 saturated heterocycles. The molecule has 0 radical (unpaired) electrons. The lowest BCUT2D eigenvalue weighted by molar-refractivity contribution is -0.124. The molecular weight excluding hydrogens is 292 g/mol. The van der Waals surface area contributed by atoms with Crippen molar-refractivity contribution in [2.75, 3.05) is 26.9 Å². The Kier molecular flexibility index (Phi) is 6.02. The summed E-state index contributed by atoms with van der Waals surface area (Å²) in [5.74, 6) is 0.974. The summed E-state index contributed by atoms with van der Waals surface area (Å²) in [6, 6.07) is 7.48. The highest BCUT2D eigenvalue weighted by atomic mass is 16.5. The van der Waals surface area contributed by atoms with Gasteiger partial charge in [-0.25, -0.2) is 0 Å². The predicted octanol–water partition coefficient (Wildman–Crippen LogP) is 1.84. The molecule has 1 amide bonds. The number of hydrogen-bond acceptors (Lipinski definition) is 4.